The average Bonchev–Trinajstić information content (AvgIpc) is 2.68. The predicted octanol–water partition coefficient (Wildman–Crippen LogP) is 5.71. The van der Waals surface area contributed by atoms with Crippen molar-refractivity contribution in [2.45, 2.75) is 32.6 Å². The van der Waals surface area contributed by atoms with Crippen LogP contribution in [0.25, 0.3) is 10.8 Å². The molecule has 136 valence electrons. The summed E-state index contributed by atoms with van der Waals surface area (Å²) in [6.45, 7) is 5.70. The quantitative estimate of drug-likeness (QED) is 0.636. The van der Waals surface area contributed by atoms with Crippen LogP contribution in [0.2, 0.25) is 0 Å². The smallest absolute Gasteiger partial charge is 0.324 e. The first-order valence-electron chi connectivity index (χ1n) is 9.11. The van der Waals surface area contributed by atoms with E-state index in [0.29, 0.717) is 0 Å². The van der Waals surface area contributed by atoms with Gasteiger partial charge < -0.3 is 5.11 Å². The largest absolute Gasteiger partial charge is 0.480 e. The Hall–Kier alpha value is -3.12. The van der Waals surface area contributed by atoms with Gasteiger partial charge in [0.25, 0.3) is 0 Å². The van der Waals surface area contributed by atoms with Crippen LogP contribution in [-0.4, -0.2) is 11.1 Å². The average molecular weight is 357 g/mol. The molecule has 1 N–H and O–H groups in total. The number of carboxylic acid groups (broad SMARTS) is 1. The van der Waals surface area contributed by atoms with Gasteiger partial charge >= 0.3 is 5.97 Å². The molecule has 0 spiro atoms. The Labute approximate surface area is 159 Å². The summed E-state index contributed by atoms with van der Waals surface area (Å²) in [6, 6.07) is 23.8. The van der Waals surface area contributed by atoms with Gasteiger partial charge in [-0.3, -0.25) is 4.79 Å². The Bertz CT molecular complexity index is 1030. The normalized spacial score (nSPS) is 14.5. The highest BCUT2D eigenvalue weighted by molar-refractivity contribution is 5.89. The fourth-order valence-corrected chi connectivity index (χ4v) is 3.83. The minimum Gasteiger partial charge on any atom is -0.480 e. The molecule has 3 rings (SSSR count). The molecule has 0 saturated heterocycles. The maximum Gasteiger partial charge on any atom is 0.324 e. The van der Waals surface area contributed by atoms with E-state index in [-0.39, 0.29) is 5.92 Å². The Morgan fingerprint density at radius 3 is 2.11 bits per heavy atom. The zero-order valence-electron chi connectivity index (χ0n) is 15.8. The number of fused-ring (bicyclic) bond motifs is 1. The highest BCUT2D eigenvalue weighted by Gasteiger charge is 2.45. The summed E-state index contributed by atoms with van der Waals surface area (Å²) in [6.07, 6.45) is 0. The molecule has 0 bridgehead atoms. The fraction of sp³-hybridized carbons (Fsp3) is 0.250. The number of aliphatic carboxylic acids is 1. The molecule has 3 aromatic rings. The molecule has 3 heteroatoms. The van der Waals surface area contributed by atoms with Crippen molar-refractivity contribution in [3.05, 3.63) is 83.4 Å². The van der Waals surface area contributed by atoms with Crippen LogP contribution in [-0.2, 0) is 4.79 Å². The molecule has 0 aliphatic carbocycles. The fourth-order valence-electron chi connectivity index (χ4n) is 3.83. The van der Waals surface area contributed by atoms with E-state index in [1.165, 1.54) is 6.92 Å². The lowest BCUT2D eigenvalue weighted by Gasteiger charge is -2.32. The second-order valence-corrected chi connectivity index (χ2v) is 7.40. The molecule has 27 heavy (non-hydrogen) atoms. The topological polar surface area (TPSA) is 61.1 Å². The second-order valence-electron chi connectivity index (χ2n) is 7.40. The van der Waals surface area contributed by atoms with Gasteiger partial charge in [0, 0.05) is 5.92 Å². The molecule has 3 nitrogen and oxygen atoms in total. The van der Waals surface area contributed by atoms with Crippen molar-refractivity contribution in [3.63, 3.8) is 0 Å². The van der Waals surface area contributed by atoms with Gasteiger partial charge in [0.1, 0.15) is 0 Å². The van der Waals surface area contributed by atoms with Crippen molar-refractivity contribution in [1.82, 2.24) is 0 Å². The molecule has 0 aliphatic heterocycles. The number of carbonyl (C=O) groups is 1. The molecule has 0 aliphatic rings. The van der Waals surface area contributed by atoms with Crippen LogP contribution in [0.5, 0.6) is 0 Å². The number of nitriles is 1. The number of nitrogens with zero attached hydrogens (tertiary/aromatic N) is 1. The molecule has 0 amide bonds. The number of carboxylic acids is 1. The summed E-state index contributed by atoms with van der Waals surface area (Å²) in [4.78, 5) is 12.2. The third-order valence-electron chi connectivity index (χ3n) is 5.32. The van der Waals surface area contributed by atoms with Crippen LogP contribution in [0.4, 0.5) is 0 Å². The minimum atomic E-state index is -1.59. The summed E-state index contributed by atoms with van der Waals surface area (Å²) < 4.78 is 0. The van der Waals surface area contributed by atoms with Gasteiger partial charge in [-0.1, -0.05) is 80.6 Å². The first kappa shape index (κ1) is 18.7. The number of benzene rings is 3. The first-order valence-corrected chi connectivity index (χ1v) is 9.11. The van der Waals surface area contributed by atoms with E-state index in [4.69, 9.17) is 0 Å². The predicted molar refractivity (Wildman–Crippen MR) is 108 cm³/mol. The molecule has 0 saturated carbocycles. The molecule has 2 atom stereocenters. The van der Waals surface area contributed by atoms with E-state index in [9.17, 15) is 15.2 Å². The Morgan fingerprint density at radius 2 is 1.48 bits per heavy atom. The van der Waals surface area contributed by atoms with Crippen LogP contribution >= 0.6 is 0 Å². The third kappa shape index (κ3) is 3.19. The first-order chi connectivity index (χ1) is 12.9. The van der Waals surface area contributed by atoms with Crippen molar-refractivity contribution in [2.75, 3.05) is 0 Å². The molecular weight excluding hydrogens is 334 g/mol. The number of rotatable bonds is 5. The van der Waals surface area contributed by atoms with E-state index >= 15 is 0 Å². The number of hydrogen-bond acceptors (Lipinski definition) is 2. The van der Waals surface area contributed by atoms with E-state index in [1.54, 1.807) is 0 Å². The lowest BCUT2D eigenvalue weighted by atomic mass is 9.68. The van der Waals surface area contributed by atoms with Crippen molar-refractivity contribution in [1.29, 1.82) is 5.26 Å². The van der Waals surface area contributed by atoms with Gasteiger partial charge in [0.15, 0.2) is 5.41 Å². The Morgan fingerprint density at radius 1 is 0.926 bits per heavy atom. The van der Waals surface area contributed by atoms with E-state index in [2.05, 4.69) is 19.9 Å². The summed E-state index contributed by atoms with van der Waals surface area (Å²) >= 11 is 0. The highest BCUT2D eigenvalue weighted by atomic mass is 16.4. The van der Waals surface area contributed by atoms with Gasteiger partial charge in [-0.2, -0.15) is 5.26 Å². The maximum absolute atomic E-state index is 12.2. The highest BCUT2D eigenvalue weighted by Crippen LogP contribution is 2.45. The lowest BCUT2D eigenvalue weighted by Crippen LogP contribution is -2.34. The molecule has 0 fully saturated rings. The van der Waals surface area contributed by atoms with Crippen molar-refractivity contribution < 1.29 is 9.90 Å². The van der Waals surface area contributed by atoms with Crippen LogP contribution in [0.15, 0.2) is 66.7 Å². The molecular formula is C24H23NO2. The summed E-state index contributed by atoms with van der Waals surface area (Å²) in [5.74, 6) is -1.47. The van der Waals surface area contributed by atoms with Gasteiger partial charge in [-0.05, 0) is 40.3 Å². The Balaban J connectivity index is 2.40. The standard InChI is InChI=1S/C24H23NO2/c1-16(2)18-11-6-7-13-20(18)22(24(3,15-25)23(26)27)21-14-8-10-17-9-4-5-12-19(17)21/h4-14,16,22H,1-3H3,(H,26,27)/t22-,24+/m0/s1. The Kier molecular flexibility index (Phi) is 5.01. The summed E-state index contributed by atoms with van der Waals surface area (Å²) in [7, 11) is 0. The zero-order chi connectivity index (χ0) is 19.6. The molecule has 0 heterocycles. The van der Waals surface area contributed by atoms with Crippen LogP contribution in [0.1, 0.15) is 49.3 Å². The van der Waals surface area contributed by atoms with Gasteiger partial charge in [0.05, 0.1) is 6.07 Å². The summed E-state index contributed by atoms with van der Waals surface area (Å²) in [5.41, 5.74) is 1.25. The third-order valence-corrected chi connectivity index (χ3v) is 5.32. The number of hydrogen-bond donors (Lipinski definition) is 1. The van der Waals surface area contributed by atoms with Gasteiger partial charge in [-0.25, -0.2) is 0 Å². The molecule has 0 aromatic heterocycles. The van der Waals surface area contributed by atoms with Crippen LogP contribution in [0, 0.1) is 16.7 Å². The lowest BCUT2D eigenvalue weighted by molar-refractivity contribution is -0.145. The van der Waals surface area contributed by atoms with Crippen LogP contribution < -0.4 is 0 Å². The summed E-state index contributed by atoms with van der Waals surface area (Å²) in [5, 5.41) is 21.9. The maximum atomic E-state index is 12.2. The zero-order valence-corrected chi connectivity index (χ0v) is 15.8. The van der Waals surface area contributed by atoms with E-state index in [0.717, 1.165) is 27.5 Å². The van der Waals surface area contributed by atoms with Crippen molar-refractivity contribution in [3.8, 4) is 6.07 Å². The second kappa shape index (κ2) is 7.25. The van der Waals surface area contributed by atoms with Crippen LogP contribution in [0.3, 0.4) is 0 Å². The SMILES string of the molecule is CC(C)c1ccccc1[C@@H](c1cccc2ccccc12)[C@@](C)(C#N)C(=O)O. The van der Waals surface area contributed by atoms with Crippen molar-refractivity contribution >= 4 is 16.7 Å². The van der Waals surface area contributed by atoms with Gasteiger partial charge in [-0.15, -0.1) is 0 Å². The van der Waals surface area contributed by atoms with E-state index in [1.807, 2.05) is 66.7 Å². The van der Waals surface area contributed by atoms with Crippen molar-refractivity contribution in [2.24, 2.45) is 5.41 Å². The molecule has 0 radical (unpaired) electrons. The molecule has 0 unspecified atom stereocenters. The van der Waals surface area contributed by atoms with E-state index < -0.39 is 17.3 Å². The van der Waals surface area contributed by atoms with Gasteiger partial charge in [0.2, 0.25) is 0 Å². The minimum absolute atomic E-state index is 0.218. The molecule has 3 aromatic carbocycles. The monoisotopic (exact) mass is 357 g/mol.